The van der Waals surface area contributed by atoms with E-state index in [0.29, 0.717) is 5.56 Å². The average molecular weight is 468 g/mol. The maximum Gasteiger partial charge on any atom is 0.338 e. The van der Waals surface area contributed by atoms with E-state index >= 15 is 0 Å². The fraction of sp³-hybridized carbons (Fsp3) is 0.333. The lowest BCUT2D eigenvalue weighted by molar-refractivity contribution is -0.134. The first kappa shape index (κ1) is 23.4. The number of rotatable bonds is 6. The molecule has 0 aromatic heterocycles. The number of carbonyl (C=O) groups is 4. The summed E-state index contributed by atoms with van der Waals surface area (Å²) in [6.07, 6.45) is -3.59. The van der Waals surface area contributed by atoms with Crippen LogP contribution in [0.2, 0.25) is 0 Å². The van der Waals surface area contributed by atoms with E-state index in [1.807, 2.05) is 0 Å². The minimum atomic E-state index is -1.87. The van der Waals surface area contributed by atoms with Crippen molar-refractivity contribution in [2.24, 2.45) is 0 Å². The van der Waals surface area contributed by atoms with Crippen LogP contribution in [0.4, 0.5) is 4.79 Å². The molecule has 2 aliphatic rings. The Morgan fingerprint density at radius 1 is 1.06 bits per heavy atom. The lowest BCUT2D eigenvalue weighted by atomic mass is 9.95. The summed E-state index contributed by atoms with van der Waals surface area (Å²) in [5.74, 6) is -1.78. The molecule has 3 amide bonds. The van der Waals surface area contributed by atoms with Crippen LogP contribution in [0.25, 0.3) is 0 Å². The minimum Gasteiger partial charge on any atom is -0.459 e. The molecule has 2 saturated heterocycles. The lowest BCUT2D eigenvalue weighted by Crippen LogP contribution is -2.61. The molecule has 2 fully saturated rings. The molecule has 4 atom stereocenters. The Labute approximate surface area is 195 Å². The summed E-state index contributed by atoms with van der Waals surface area (Å²) in [6, 6.07) is 15.7. The van der Waals surface area contributed by atoms with Gasteiger partial charge in [0.05, 0.1) is 11.1 Å². The molecule has 0 bridgehead atoms. The number of nitrogens with zero attached hydrogens (tertiary/aromatic N) is 1. The first-order valence-electron chi connectivity index (χ1n) is 10.7. The van der Waals surface area contributed by atoms with Gasteiger partial charge in [0.25, 0.3) is 0 Å². The summed E-state index contributed by atoms with van der Waals surface area (Å²) in [5.41, 5.74) is -1.30. The first-order chi connectivity index (χ1) is 16.3. The summed E-state index contributed by atoms with van der Waals surface area (Å²) in [5, 5.41) is 13.5. The second kappa shape index (κ2) is 9.62. The molecule has 0 aliphatic carbocycles. The Bertz CT molecular complexity index is 1070. The van der Waals surface area contributed by atoms with Crippen molar-refractivity contribution in [2.75, 3.05) is 13.2 Å². The Morgan fingerprint density at radius 2 is 1.65 bits per heavy atom. The molecular formula is C24H24N2O8. The van der Waals surface area contributed by atoms with Crippen LogP contribution in [0.1, 0.15) is 34.1 Å². The van der Waals surface area contributed by atoms with Crippen LogP contribution >= 0.6 is 0 Å². The zero-order valence-corrected chi connectivity index (χ0v) is 18.4. The highest BCUT2D eigenvalue weighted by atomic mass is 16.6. The predicted molar refractivity (Wildman–Crippen MR) is 117 cm³/mol. The van der Waals surface area contributed by atoms with E-state index in [-0.39, 0.29) is 25.1 Å². The van der Waals surface area contributed by atoms with Crippen LogP contribution in [0.15, 0.2) is 60.7 Å². The molecular weight excluding hydrogens is 444 g/mol. The number of carbonyl (C=O) groups excluding carboxylic acids is 4. The molecule has 2 aromatic rings. The number of esters is 2. The second-order valence-electron chi connectivity index (χ2n) is 8.21. The van der Waals surface area contributed by atoms with Gasteiger partial charge >= 0.3 is 18.0 Å². The Morgan fingerprint density at radius 3 is 2.24 bits per heavy atom. The molecule has 0 radical (unpaired) electrons. The summed E-state index contributed by atoms with van der Waals surface area (Å²) in [4.78, 5) is 50.3. The van der Waals surface area contributed by atoms with Crippen LogP contribution in [0.5, 0.6) is 0 Å². The fourth-order valence-corrected chi connectivity index (χ4v) is 3.98. The van der Waals surface area contributed by atoms with Gasteiger partial charge in [0.1, 0.15) is 18.3 Å². The fourth-order valence-electron chi connectivity index (χ4n) is 3.98. The smallest absolute Gasteiger partial charge is 0.338 e. The zero-order valence-electron chi connectivity index (χ0n) is 18.4. The van der Waals surface area contributed by atoms with E-state index in [0.717, 1.165) is 4.90 Å². The van der Waals surface area contributed by atoms with E-state index in [1.165, 1.54) is 6.92 Å². The van der Waals surface area contributed by atoms with Crippen molar-refractivity contribution in [1.82, 2.24) is 10.2 Å². The molecule has 10 heteroatoms. The van der Waals surface area contributed by atoms with Gasteiger partial charge in [-0.05, 0) is 31.2 Å². The monoisotopic (exact) mass is 468 g/mol. The molecule has 2 N–H and O–H groups in total. The third-order valence-corrected chi connectivity index (χ3v) is 5.72. The number of ether oxygens (including phenoxy) is 3. The van der Waals surface area contributed by atoms with Crippen molar-refractivity contribution >= 4 is 23.9 Å². The minimum absolute atomic E-state index is 0.00135. The van der Waals surface area contributed by atoms with Gasteiger partial charge in [-0.15, -0.1) is 0 Å². The molecule has 10 nitrogen and oxygen atoms in total. The molecule has 0 spiro atoms. The van der Waals surface area contributed by atoms with Crippen LogP contribution < -0.4 is 5.32 Å². The van der Waals surface area contributed by atoms with Crippen molar-refractivity contribution in [1.29, 1.82) is 0 Å². The van der Waals surface area contributed by atoms with Crippen molar-refractivity contribution in [3.63, 3.8) is 0 Å². The van der Waals surface area contributed by atoms with E-state index in [4.69, 9.17) is 14.2 Å². The van der Waals surface area contributed by atoms with Gasteiger partial charge in [-0.1, -0.05) is 36.4 Å². The van der Waals surface area contributed by atoms with Gasteiger partial charge in [-0.25, -0.2) is 14.4 Å². The van der Waals surface area contributed by atoms with E-state index in [2.05, 4.69) is 5.32 Å². The van der Waals surface area contributed by atoms with Crippen molar-refractivity contribution < 1.29 is 38.5 Å². The summed E-state index contributed by atoms with van der Waals surface area (Å²) in [7, 11) is 0. The van der Waals surface area contributed by atoms with E-state index in [9.17, 15) is 24.3 Å². The SMILES string of the molecule is C[C@]1(O)[C@H](OC(=O)c2ccccc2)[C@@H](COC(=O)c2ccccc2)O[C@H]1N1CCC(=O)NC1=O. The standard InChI is InChI=1S/C24H24N2O8/c1-24(31)19(34-21(29)16-10-6-3-7-11-16)17(14-32-20(28)15-8-4-2-5-9-15)33-22(24)26-13-12-18(27)25-23(26)30/h2-11,17,19,22,31H,12-14H2,1H3,(H,25,27,30)/t17-,19-,22-,24+/m1/s1. The third-order valence-electron chi connectivity index (χ3n) is 5.72. The van der Waals surface area contributed by atoms with E-state index < -0.39 is 47.9 Å². The number of aliphatic hydroxyl groups is 1. The largest absolute Gasteiger partial charge is 0.459 e. The normalized spacial score (nSPS) is 26.6. The molecule has 4 rings (SSSR count). The quantitative estimate of drug-likeness (QED) is 0.610. The van der Waals surface area contributed by atoms with Crippen LogP contribution in [0, 0.1) is 0 Å². The topological polar surface area (TPSA) is 131 Å². The number of imide groups is 1. The highest BCUT2D eigenvalue weighted by molar-refractivity contribution is 5.96. The van der Waals surface area contributed by atoms with E-state index in [1.54, 1.807) is 60.7 Å². The molecule has 2 heterocycles. The maximum atomic E-state index is 12.7. The molecule has 2 aliphatic heterocycles. The Balaban J connectivity index is 1.55. The summed E-state index contributed by atoms with van der Waals surface area (Å²) < 4.78 is 16.9. The van der Waals surface area contributed by atoms with Crippen molar-refractivity contribution in [2.45, 2.75) is 37.4 Å². The number of nitrogens with one attached hydrogen (secondary N) is 1. The lowest BCUT2D eigenvalue weighted by Gasteiger charge is -2.37. The number of hydrogen-bond donors (Lipinski definition) is 2. The number of urea groups is 1. The molecule has 178 valence electrons. The number of benzene rings is 2. The summed E-state index contributed by atoms with van der Waals surface area (Å²) >= 11 is 0. The maximum absolute atomic E-state index is 12.7. The Kier molecular flexibility index (Phi) is 6.62. The zero-order chi connectivity index (χ0) is 24.3. The van der Waals surface area contributed by atoms with Crippen LogP contribution in [-0.4, -0.2) is 71.1 Å². The van der Waals surface area contributed by atoms with Gasteiger partial charge in [-0.3, -0.25) is 15.0 Å². The number of hydrogen-bond acceptors (Lipinski definition) is 8. The van der Waals surface area contributed by atoms with Crippen LogP contribution in [-0.2, 0) is 19.0 Å². The Hall–Kier alpha value is -3.76. The molecule has 0 unspecified atom stereocenters. The molecule has 34 heavy (non-hydrogen) atoms. The predicted octanol–water partition coefficient (Wildman–Crippen LogP) is 1.49. The molecule has 0 saturated carbocycles. The van der Waals surface area contributed by atoms with Crippen LogP contribution in [0.3, 0.4) is 0 Å². The second-order valence-corrected chi connectivity index (χ2v) is 8.21. The van der Waals surface area contributed by atoms with Crippen molar-refractivity contribution in [3.05, 3.63) is 71.8 Å². The summed E-state index contributed by atoms with van der Waals surface area (Å²) in [6.45, 7) is 1.02. The highest BCUT2D eigenvalue weighted by Crippen LogP contribution is 2.36. The highest BCUT2D eigenvalue weighted by Gasteiger charge is 2.59. The van der Waals surface area contributed by atoms with Gasteiger partial charge in [0.15, 0.2) is 12.3 Å². The van der Waals surface area contributed by atoms with Gasteiger partial charge in [0, 0.05) is 13.0 Å². The number of amides is 3. The average Bonchev–Trinajstić information content (AvgIpc) is 3.08. The van der Waals surface area contributed by atoms with Crippen molar-refractivity contribution in [3.8, 4) is 0 Å². The third kappa shape index (κ3) is 4.78. The molecule has 2 aromatic carbocycles. The first-order valence-corrected chi connectivity index (χ1v) is 10.7. The van der Waals surface area contributed by atoms with Gasteiger partial charge in [-0.2, -0.15) is 0 Å². The van der Waals surface area contributed by atoms with Gasteiger partial charge in [0.2, 0.25) is 5.91 Å². The van der Waals surface area contributed by atoms with Gasteiger partial charge < -0.3 is 19.3 Å².